The molecule has 0 amide bonds. The lowest BCUT2D eigenvalue weighted by atomic mass is 9.80. The first kappa shape index (κ1) is 10.2. The first-order chi connectivity index (χ1) is 7.45. The minimum Gasteiger partial charge on any atom is -0.521 e. The Labute approximate surface area is 94.9 Å². The van der Waals surface area contributed by atoms with Crippen molar-refractivity contribution in [2.24, 2.45) is 5.92 Å². The van der Waals surface area contributed by atoms with Crippen LogP contribution in [0.5, 0.6) is 0 Å². The van der Waals surface area contributed by atoms with Crippen molar-refractivity contribution in [2.75, 3.05) is 0 Å². The molecule has 1 saturated carbocycles. The molecular weight excluding hydrogens is 224 g/mol. The first-order valence-corrected chi connectivity index (χ1v) is 8.46. The van der Waals surface area contributed by atoms with Crippen LogP contribution in [-0.4, -0.2) is 25.7 Å². The lowest BCUT2D eigenvalue weighted by Gasteiger charge is -2.31. The lowest BCUT2D eigenvalue weighted by molar-refractivity contribution is -0.140. The van der Waals surface area contributed by atoms with Crippen molar-refractivity contribution in [1.29, 1.82) is 0 Å². The lowest BCUT2D eigenvalue weighted by Crippen LogP contribution is -2.46. The third-order valence-electron chi connectivity index (χ3n) is 3.63. The summed E-state index contributed by atoms with van der Waals surface area (Å²) in [4.78, 5) is 23.4. The largest absolute Gasteiger partial charge is 0.521 e. The molecule has 1 spiro atoms. The molecule has 2 unspecified atom stereocenters. The number of carbonyl (C=O) groups excluding carboxylic acids is 2. The SMILES string of the molecule is C[Si]1(C)OC2=CC(=O)C(=O)C3CCCC23O1. The highest BCUT2D eigenvalue weighted by atomic mass is 28.4. The molecule has 2 fully saturated rings. The summed E-state index contributed by atoms with van der Waals surface area (Å²) in [6.45, 7) is 3.90. The Hall–Kier alpha value is -0.943. The molecule has 3 aliphatic rings. The standard InChI is InChI=1S/C11H14O4Si/c1-16(2)14-9-6-8(12)10(13)7-4-3-5-11(7,9)15-16/h6-7H,3-5H2,1-2H3. The topological polar surface area (TPSA) is 52.6 Å². The molecule has 0 aromatic rings. The maximum Gasteiger partial charge on any atom is 0.393 e. The van der Waals surface area contributed by atoms with Gasteiger partial charge >= 0.3 is 8.56 Å². The fraction of sp³-hybridized carbons (Fsp3) is 0.636. The molecule has 0 N–H and O–H groups in total. The van der Waals surface area contributed by atoms with Gasteiger partial charge in [0.15, 0.2) is 0 Å². The van der Waals surface area contributed by atoms with Gasteiger partial charge in [-0.1, -0.05) is 0 Å². The molecule has 4 nitrogen and oxygen atoms in total. The van der Waals surface area contributed by atoms with Gasteiger partial charge in [-0.25, -0.2) is 0 Å². The predicted octanol–water partition coefficient (Wildman–Crippen LogP) is 1.31. The van der Waals surface area contributed by atoms with Crippen LogP contribution < -0.4 is 0 Å². The van der Waals surface area contributed by atoms with E-state index in [2.05, 4.69) is 0 Å². The van der Waals surface area contributed by atoms with E-state index in [4.69, 9.17) is 8.85 Å². The van der Waals surface area contributed by atoms with Crippen LogP contribution in [0.3, 0.4) is 0 Å². The third kappa shape index (κ3) is 1.13. The Morgan fingerprint density at radius 2 is 2.19 bits per heavy atom. The second kappa shape index (κ2) is 2.84. The van der Waals surface area contributed by atoms with Crippen LogP contribution in [-0.2, 0) is 18.4 Å². The summed E-state index contributed by atoms with van der Waals surface area (Å²) < 4.78 is 11.8. The Morgan fingerprint density at radius 3 is 2.94 bits per heavy atom. The Morgan fingerprint density at radius 1 is 1.44 bits per heavy atom. The van der Waals surface area contributed by atoms with Crippen molar-refractivity contribution < 1.29 is 18.4 Å². The first-order valence-electron chi connectivity index (χ1n) is 5.64. The van der Waals surface area contributed by atoms with Crippen LogP contribution in [0.4, 0.5) is 0 Å². The maximum absolute atomic E-state index is 11.8. The summed E-state index contributed by atoms with van der Waals surface area (Å²) in [6, 6.07) is 0. The summed E-state index contributed by atoms with van der Waals surface area (Å²) in [5, 5.41) is 0. The molecule has 0 aromatic heterocycles. The highest BCUT2D eigenvalue weighted by Gasteiger charge is 2.62. The van der Waals surface area contributed by atoms with Crippen molar-refractivity contribution in [2.45, 2.75) is 38.0 Å². The number of rotatable bonds is 0. The minimum absolute atomic E-state index is 0.295. The number of allylic oxidation sites excluding steroid dienone is 1. The van der Waals surface area contributed by atoms with Crippen LogP contribution in [0.2, 0.25) is 13.1 Å². The molecule has 86 valence electrons. The van der Waals surface area contributed by atoms with Gasteiger partial charge in [0.25, 0.3) is 0 Å². The number of hydrogen-bond acceptors (Lipinski definition) is 4. The highest BCUT2D eigenvalue weighted by Crippen LogP contribution is 2.53. The number of Topliss-reactive ketones (excluding diaryl/α,β-unsaturated/α-hetero) is 1. The molecule has 0 aromatic carbocycles. The molecule has 1 saturated heterocycles. The Kier molecular flexibility index (Phi) is 1.81. The van der Waals surface area contributed by atoms with E-state index < -0.39 is 19.9 Å². The number of ketones is 2. The summed E-state index contributed by atoms with van der Waals surface area (Å²) in [5.41, 5.74) is -0.583. The molecule has 2 atom stereocenters. The molecule has 2 aliphatic carbocycles. The monoisotopic (exact) mass is 238 g/mol. The Bertz CT molecular complexity index is 426. The van der Waals surface area contributed by atoms with E-state index in [-0.39, 0.29) is 11.7 Å². The van der Waals surface area contributed by atoms with E-state index >= 15 is 0 Å². The quantitative estimate of drug-likeness (QED) is 0.471. The zero-order chi connectivity index (χ0) is 11.6. The Balaban J connectivity index is 2.14. The molecule has 16 heavy (non-hydrogen) atoms. The average molecular weight is 238 g/mol. The summed E-state index contributed by atoms with van der Waals surface area (Å²) >= 11 is 0. The van der Waals surface area contributed by atoms with Gasteiger partial charge < -0.3 is 8.85 Å². The van der Waals surface area contributed by atoms with E-state index in [1.807, 2.05) is 13.1 Å². The molecule has 5 heteroatoms. The summed E-state index contributed by atoms with van der Waals surface area (Å²) in [5.74, 6) is -0.394. The van der Waals surface area contributed by atoms with E-state index in [9.17, 15) is 9.59 Å². The fourth-order valence-electron chi connectivity index (χ4n) is 3.11. The highest BCUT2D eigenvalue weighted by molar-refractivity contribution is 6.66. The van der Waals surface area contributed by atoms with Gasteiger partial charge in [0.2, 0.25) is 11.6 Å². The maximum atomic E-state index is 11.8. The van der Waals surface area contributed by atoms with Crippen molar-refractivity contribution in [3.05, 3.63) is 11.8 Å². The smallest absolute Gasteiger partial charge is 0.393 e. The van der Waals surface area contributed by atoms with Crippen LogP contribution in [0.1, 0.15) is 19.3 Å². The zero-order valence-corrected chi connectivity index (χ0v) is 10.4. The second-order valence-electron chi connectivity index (χ2n) is 5.18. The third-order valence-corrected chi connectivity index (χ3v) is 5.19. The van der Waals surface area contributed by atoms with Crippen LogP contribution >= 0.6 is 0 Å². The van der Waals surface area contributed by atoms with Crippen LogP contribution in [0.15, 0.2) is 11.8 Å². The number of carbonyl (C=O) groups is 2. The molecule has 1 heterocycles. The summed E-state index contributed by atoms with van der Waals surface area (Å²) in [7, 11) is -2.20. The van der Waals surface area contributed by atoms with Gasteiger partial charge in [0, 0.05) is 6.08 Å². The summed E-state index contributed by atoms with van der Waals surface area (Å²) in [6.07, 6.45) is 3.83. The van der Waals surface area contributed by atoms with Gasteiger partial charge in [0.1, 0.15) is 11.4 Å². The van der Waals surface area contributed by atoms with Crippen LogP contribution in [0, 0.1) is 5.92 Å². The molecule has 0 radical (unpaired) electrons. The van der Waals surface area contributed by atoms with E-state index in [1.165, 1.54) is 6.08 Å². The van der Waals surface area contributed by atoms with Gasteiger partial charge in [0.05, 0.1) is 5.92 Å². The van der Waals surface area contributed by atoms with Crippen molar-refractivity contribution >= 4 is 20.1 Å². The van der Waals surface area contributed by atoms with Crippen LogP contribution in [0.25, 0.3) is 0 Å². The van der Waals surface area contributed by atoms with Gasteiger partial charge in [-0.05, 0) is 32.4 Å². The van der Waals surface area contributed by atoms with Crippen molar-refractivity contribution in [3.8, 4) is 0 Å². The molecule has 3 rings (SSSR count). The average Bonchev–Trinajstić information content (AvgIpc) is 2.67. The van der Waals surface area contributed by atoms with Crippen molar-refractivity contribution in [3.63, 3.8) is 0 Å². The normalized spacial score (nSPS) is 40.1. The molecular formula is C11H14O4Si. The zero-order valence-electron chi connectivity index (χ0n) is 9.41. The van der Waals surface area contributed by atoms with E-state index in [1.54, 1.807) is 0 Å². The molecule has 0 bridgehead atoms. The minimum atomic E-state index is -2.20. The number of hydrogen-bond donors (Lipinski definition) is 0. The van der Waals surface area contributed by atoms with Gasteiger partial charge in [-0.3, -0.25) is 9.59 Å². The van der Waals surface area contributed by atoms with E-state index in [0.717, 1.165) is 19.3 Å². The molecule has 1 aliphatic heterocycles. The van der Waals surface area contributed by atoms with Gasteiger partial charge in [-0.15, -0.1) is 0 Å². The fourth-order valence-corrected chi connectivity index (χ4v) is 5.14. The van der Waals surface area contributed by atoms with Crippen molar-refractivity contribution in [1.82, 2.24) is 0 Å². The van der Waals surface area contributed by atoms with Gasteiger partial charge in [-0.2, -0.15) is 0 Å². The second-order valence-corrected chi connectivity index (χ2v) is 8.38. The predicted molar refractivity (Wildman–Crippen MR) is 57.8 cm³/mol. The van der Waals surface area contributed by atoms with E-state index in [0.29, 0.717) is 5.76 Å².